The molecule has 4 aromatic rings. The fraction of sp³-hybridized carbons (Fsp3) is 0.241. The van der Waals surface area contributed by atoms with Crippen LogP contribution in [-0.2, 0) is 31.2 Å². The quantitative estimate of drug-likeness (QED) is 0.160. The highest BCUT2D eigenvalue weighted by atomic mass is 31.2. The van der Waals surface area contributed by atoms with Gasteiger partial charge in [0.25, 0.3) is 5.91 Å². The largest absolute Gasteiger partial charge is 0.361 e. The summed E-state index contributed by atoms with van der Waals surface area (Å²) in [6, 6.07) is 22.9. The number of carbonyl (C=O) groups is 1. The minimum absolute atomic E-state index is 0.234. The average molecular weight is 559 g/mol. The number of anilines is 2. The van der Waals surface area contributed by atoms with Crippen molar-refractivity contribution in [2.24, 2.45) is 0 Å². The Labute approximate surface area is 232 Å². The van der Waals surface area contributed by atoms with Crippen LogP contribution in [0.5, 0.6) is 0 Å². The van der Waals surface area contributed by atoms with Gasteiger partial charge in [0.1, 0.15) is 5.82 Å². The maximum atomic E-state index is 13.5. The lowest BCUT2D eigenvalue weighted by atomic mass is 10.00. The predicted octanol–water partition coefficient (Wildman–Crippen LogP) is 5.20. The number of aryl methyl sites for hydroxylation is 2. The molecule has 0 bridgehead atoms. The molecule has 0 fully saturated rings. The number of benzene rings is 3. The average Bonchev–Trinajstić information content (AvgIpc) is 3.60. The van der Waals surface area contributed by atoms with Gasteiger partial charge in [-0.05, 0) is 78.6 Å². The first-order valence-corrected chi connectivity index (χ1v) is 14.8. The molecule has 0 saturated carbocycles. The number of hydrogen-bond acceptors (Lipinski definition) is 8. The van der Waals surface area contributed by atoms with Crippen molar-refractivity contribution in [1.29, 1.82) is 0 Å². The van der Waals surface area contributed by atoms with Crippen molar-refractivity contribution in [3.8, 4) is 0 Å². The van der Waals surface area contributed by atoms with E-state index in [1.54, 1.807) is 32.0 Å². The monoisotopic (exact) mass is 558 g/mol. The molecule has 1 aromatic heterocycles. The van der Waals surface area contributed by atoms with Crippen molar-refractivity contribution in [3.63, 3.8) is 0 Å². The van der Waals surface area contributed by atoms with Crippen LogP contribution in [0.4, 0.5) is 11.4 Å². The third kappa shape index (κ3) is 6.04. The summed E-state index contributed by atoms with van der Waals surface area (Å²) in [5.41, 5.74) is 5.22. The fourth-order valence-corrected chi connectivity index (χ4v) is 6.22. The summed E-state index contributed by atoms with van der Waals surface area (Å²) >= 11 is 0. The molecule has 0 atom stereocenters. The van der Waals surface area contributed by atoms with Gasteiger partial charge in [0.05, 0.1) is 29.8 Å². The van der Waals surface area contributed by atoms with Gasteiger partial charge in [0.2, 0.25) is 0 Å². The second-order valence-corrected chi connectivity index (χ2v) is 11.2. The molecule has 10 nitrogen and oxygen atoms in total. The number of H-pyrrole nitrogens is 1. The molecule has 11 heteroatoms. The number of nitrogens with one attached hydrogen (secondary N) is 3. The number of fused-ring (bicyclic) bond motifs is 1. The van der Waals surface area contributed by atoms with Gasteiger partial charge in [-0.25, -0.2) is 5.10 Å². The van der Waals surface area contributed by atoms with Gasteiger partial charge < -0.3 is 19.7 Å². The topological polar surface area (TPSA) is 131 Å². The van der Waals surface area contributed by atoms with Crippen LogP contribution in [0.15, 0.2) is 72.8 Å². The van der Waals surface area contributed by atoms with E-state index >= 15 is 0 Å². The number of tetrazole rings is 1. The van der Waals surface area contributed by atoms with Crippen LogP contribution in [-0.4, -0.2) is 39.7 Å². The molecule has 1 amide bonds. The number of hydrogen-bond donors (Lipinski definition) is 3. The van der Waals surface area contributed by atoms with Crippen molar-refractivity contribution in [3.05, 3.63) is 95.3 Å². The lowest BCUT2D eigenvalue weighted by Crippen LogP contribution is -2.12. The Bertz CT molecular complexity index is 1530. The molecular formula is C29H31N6O4P. The molecule has 5 rings (SSSR count). The standard InChI is InChI=1S/C29H31N6O4P/c1-3-38-40(37,39-4-2)23-17-18-25-24(19-23)27(29(36)31-25)28(21-10-6-5-7-11-21)30-22-15-13-20(14-16-22)9-8-12-26-32-34-35-33-26/h5-7,10-11,13-19,30H,3-4,8-9,12H2,1-2H3,(H,31,36)(H,32,33,34,35)/b28-27-. The van der Waals surface area contributed by atoms with Gasteiger partial charge in [-0.15, -0.1) is 5.10 Å². The summed E-state index contributed by atoms with van der Waals surface area (Å²) in [5.74, 6) is 0.522. The smallest absolute Gasteiger partial charge is 0.354 e. The summed E-state index contributed by atoms with van der Waals surface area (Å²) in [4.78, 5) is 13.4. The van der Waals surface area contributed by atoms with Gasteiger partial charge in [-0.2, -0.15) is 0 Å². The lowest BCUT2D eigenvalue weighted by molar-refractivity contribution is -0.110. The number of rotatable bonds is 12. The number of aromatic amines is 1. The molecule has 0 spiro atoms. The Kier molecular flexibility index (Phi) is 8.50. The lowest BCUT2D eigenvalue weighted by Gasteiger charge is -2.18. The molecule has 2 heterocycles. The molecular weight excluding hydrogens is 527 g/mol. The van der Waals surface area contributed by atoms with E-state index in [-0.39, 0.29) is 19.1 Å². The molecule has 3 aromatic carbocycles. The second kappa shape index (κ2) is 12.4. The number of amides is 1. The first-order chi connectivity index (χ1) is 19.5. The second-order valence-electron chi connectivity index (χ2n) is 9.16. The Morgan fingerprint density at radius 1 is 0.950 bits per heavy atom. The molecule has 40 heavy (non-hydrogen) atoms. The Morgan fingerprint density at radius 2 is 1.70 bits per heavy atom. The fourth-order valence-electron chi connectivity index (χ4n) is 4.63. The van der Waals surface area contributed by atoms with Crippen LogP contribution in [0.25, 0.3) is 11.3 Å². The third-order valence-corrected chi connectivity index (χ3v) is 8.57. The van der Waals surface area contributed by atoms with Crippen LogP contribution in [0.2, 0.25) is 0 Å². The summed E-state index contributed by atoms with van der Waals surface area (Å²) in [7, 11) is -3.54. The van der Waals surface area contributed by atoms with E-state index in [2.05, 4.69) is 43.4 Å². The summed E-state index contributed by atoms with van der Waals surface area (Å²) < 4.78 is 24.6. The Balaban J connectivity index is 1.48. The molecule has 0 saturated heterocycles. The number of carbonyl (C=O) groups excluding carboxylic acids is 1. The van der Waals surface area contributed by atoms with Crippen LogP contribution in [0.3, 0.4) is 0 Å². The van der Waals surface area contributed by atoms with E-state index in [1.165, 1.54) is 5.56 Å². The molecule has 0 aliphatic carbocycles. The highest BCUT2D eigenvalue weighted by molar-refractivity contribution is 7.62. The van der Waals surface area contributed by atoms with Gasteiger partial charge in [0.15, 0.2) is 0 Å². The van der Waals surface area contributed by atoms with Crippen molar-refractivity contribution in [2.75, 3.05) is 23.8 Å². The Hall–Kier alpha value is -4.11. The zero-order valence-corrected chi connectivity index (χ0v) is 23.3. The summed E-state index contributed by atoms with van der Waals surface area (Å²) in [6.07, 6.45) is 2.56. The molecule has 1 aliphatic rings. The SMILES string of the molecule is CCOP(=O)(OCC)c1ccc2c(c1)/C(=C(/Nc1ccc(CCCc3nnn[nH]3)cc1)c1ccccc1)C(=O)N2. The maximum Gasteiger partial charge on any atom is 0.361 e. The predicted molar refractivity (Wildman–Crippen MR) is 155 cm³/mol. The normalized spacial score (nSPS) is 14.1. The zero-order chi connectivity index (χ0) is 28.0. The minimum Gasteiger partial charge on any atom is -0.354 e. The van der Waals surface area contributed by atoms with Crippen molar-refractivity contribution >= 4 is 41.5 Å². The minimum atomic E-state index is -3.54. The highest BCUT2D eigenvalue weighted by Crippen LogP contribution is 2.48. The Morgan fingerprint density at radius 3 is 2.38 bits per heavy atom. The third-order valence-electron chi connectivity index (χ3n) is 6.47. The number of nitrogens with zero attached hydrogens (tertiary/aromatic N) is 3. The first-order valence-electron chi connectivity index (χ1n) is 13.2. The van der Waals surface area contributed by atoms with Gasteiger partial charge in [-0.3, -0.25) is 9.36 Å². The molecule has 0 radical (unpaired) electrons. The van der Waals surface area contributed by atoms with E-state index < -0.39 is 7.60 Å². The van der Waals surface area contributed by atoms with E-state index in [0.29, 0.717) is 27.8 Å². The van der Waals surface area contributed by atoms with Crippen molar-refractivity contribution in [1.82, 2.24) is 20.6 Å². The van der Waals surface area contributed by atoms with Gasteiger partial charge in [0, 0.05) is 23.4 Å². The highest BCUT2D eigenvalue weighted by Gasteiger charge is 2.33. The van der Waals surface area contributed by atoms with Crippen LogP contribution >= 0.6 is 7.60 Å². The molecule has 1 aliphatic heterocycles. The zero-order valence-electron chi connectivity index (χ0n) is 22.4. The van der Waals surface area contributed by atoms with E-state index in [4.69, 9.17) is 9.05 Å². The number of aromatic nitrogens is 4. The van der Waals surface area contributed by atoms with Crippen LogP contribution < -0.4 is 15.9 Å². The van der Waals surface area contributed by atoms with E-state index in [0.717, 1.165) is 36.3 Å². The van der Waals surface area contributed by atoms with Gasteiger partial charge >= 0.3 is 7.60 Å². The van der Waals surface area contributed by atoms with Crippen molar-refractivity contribution < 1.29 is 18.4 Å². The maximum absolute atomic E-state index is 13.5. The summed E-state index contributed by atoms with van der Waals surface area (Å²) in [6.45, 7) is 4.01. The first kappa shape index (κ1) is 27.5. The molecule has 0 unspecified atom stereocenters. The van der Waals surface area contributed by atoms with Crippen LogP contribution in [0.1, 0.15) is 42.8 Å². The molecule has 206 valence electrons. The van der Waals surface area contributed by atoms with Crippen LogP contribution in [0, 0.1) is 0 Å². The molecule has 3 N–H and O–H groups in total. The van der Waals surface area contributed by atoms with Gasteiger partial charge in [-0.1, -0.05) is 42.5 Å². The van der Waals surface area contributed by atoms with E-state index in [1.807, 2.05) is 42.5 Å². The summed E-state index contributed by atoms with van der Waals surface area (Å²) in [5, 5.41) is 20.8. The van der Waals surface area contributed by atoms with E-state index in [9.17, 15) is 9.36 Å². The van der Waals surface area contributed by atoms with Crippen molar-refractivity contribution in [2.45, 2.75) is 33.1 Å².